The van der Waals surface area contributed by atoms with Crippen LogP contribution in [0.4, 0.5) is 4.79 Å². The van der Waals surface area contributed by atoms with Gasteiger partial charge in [-0.05, 0) is 50.4 Å². The van der Waals surface area contributed by atoms with Gasteiger partial charge in [0.05, 0.1) is 0 Å². The van der Waals surface area contributed by atoms with Crippen molar-refractivity contribution in [1.29, 1.82) is 0 Å². The Bertz CT molecular complexity index is 555. The second-order valence-corrected chi connectivity index (χ2v) is 6.59. The molecule has 2 amide bonds. The first-order chi connectivity index (χ1) is 11.2. The molecule has 2 aliphatic heterocycles. The molecule has 4 nitrogen and oxygen atoms in total. The Hall–Kier alpha value is -1.81. The van der Waals surface area contributed by atoms with Crippen molar-refractivity contribution in [1.82, 2.24) is 15.1 Å². The van der Waals surface area contributed by atoms with Gasteiger partial charge in [-0.2, -0.15) is 0 Å². The van der Waals surface area contributed by atoms with Gasteiger partial charge in [-0.15, -0.1) is 0 Å². The normalized spacial score (nSPS) is 22.0. The van der Waals surface area contributed by atoms with Crippen LogP contribution in [0.1, 0.15) is 31.2 Å². The highest BCUT2D eigenvalue weighted by molar-refractivity contribution is 5.76. The van der Waals surface area contributed by atoms with Crippen LogP contribution in [-0.2, 0) is 0 Å². The summed E-state index contributed by atoms with van der Waals surface area (Å²) in [6, 6.07) is 11.2. The zero-order chi connectivity index (χ0) is 16.1. The van der Waals surface area contributed by atoms with E-state index < -0.39 is 0 Å². The van der Waals surface area contributed by atoms with Gasteiger partial charge in [0.15, 0.2) is 0 Å². The second kappa shape index (κ2) is 7.64. The van der Waals surface area contributed by atoms with Crippen molar-refractivity contribution >= 4 is 11.6 Å². The van der Waals surface area contributed by atoms with Gasteiger partial charge in [0.1, 0.15) is 0 Å². The maximum atomic E-state index is 12.3. The van der Waals surface area contributed by atoms with Crippen LogP contribution in [0.25, 0.3) is 5.57 Å². The lowest BCUT2D eigenvalue weighted by Gasteiger charge is -2.27. The van der Waals surface area contributed by atoms with Crippen LogP contribution in [-0.4, -0.2) is 55.1 Å². The molecule has 1 aromatic rings. The van der Waals surface area contributed by atoms with Crippen molar-refractivity contribution in [2.75, 3.05) is 33.2 Å². The molecule has 2 aliphatic rings. The van der Waals surface area contributed by atoms with E-state index >= 15 is 0 Å². The predicted molar refractivity (Wildman–Crippen MR) is 94.3 cm³/mol. The number of amides is 2. The molecular weight excluding hydrogens is 286 g/mol. The Balaban J connectivity index is 1.44. The summed E-state index contributed by atoms with van der Waals surface area (Å²) in [4.78, 5) is 16.6. The molecule has 1 atom stereocenters. The van der Waals surface area contributed by atoms with E-state index in [-0.39, 0.29) is 6.03 Å². The van der Waals surface area contributed by atoms with Gasteiger partial charge in [-0.25, -0.2) is 4.79 Å². The van der Waals surface area contributed by atoms with E-state index in [1.54, 1.807) is 0 Å². The van der Waals surface area contributed by atoms with Crippen LogP contribution in [0.15, 0.2) is 36.4 Å². The summed E-state index contributed by atoms with van der Waals surface area (Å²) in [6.45, 7) is 3.48. The molecule has 0 radical (unpaired) electrons. The van der Waals surface area contributed by atoms with Crippen LogP contribution in [0.5, 0.6) is 0 Å². The fourth-order valence-corrected chi connectivity index (χ4v) is 3.57. The Morgan fingerprint density at radius 1 is 1.26 bits per heavy atom. The number of hydrogen-bond acceptors (Lipinski definition) is 2. The van der Waals surface area contributed by atoms with Crippen LogP contribution in [0, 0.1) is 0 Å². The first kappa shape index (κ1) is 16.1. The molecule has 124 valence electrons. The topological polar surface area (TPSA) is 35.6 Å². The van der Waals surface area contributed by atoms with Gasteiger partial charge < -0.3 is 15.1 Å². The number of nitrogens with zero attached hydrogens (tertiary/aromatic N) is 2. The molecule has 4 heteroatoms. The summed E-state index contributed by atoms with van der Waals surface area (Å²) in [5.41, 5.74) is 2.62. The van der Waals surface area contributed by atoms with E-state index in [0.29, 0.717) is 12.6 Å². The molecule has 0 spiro atoms. The van der Waals surface area contributed by atoms with Crippen LogP contribution < -0.4 is 5.32 Å². The van der Waals surface area contributed by atoms with Crippen molar-refractivity contribution in [3.05, 3.63) is 42.0 Å². The molecule has 1 saturated heterocycles. The summed E-state index contributed by atoms with van der Waals surface area (Å²) in [5.74, 6) is 0. The summed E-state index contributed by atoms with van der Waals surface area (Å²) in [5, 5.41) is 3.09. The maximum absolute atomic E-state index is 12.3. The lowest BCUT2D eigenvalue weighted by atomic mass is 10.00. The van der Waals surface area contributed by atoms with Gasteiger partial charge in [0.2, 0.25) is 0 Å². The largest absolute Gasteiger partial charge is 0.338 e. The molecule has 0 bridgehead atoms. The average molecular weight is 313 g/mol. The monoisotopic (exact) mass is 313 g/mol. The molecule has 0 unspecified atom stereocenters. The number of carbonyl (C=O) groups excluding carboxylic acids is 1. The minimum Gasteiger partial charge on any atom is -0.338 e. The molecule has 23 heavy (non-hydrogen) atoms. The van der Waals surface area contributed by atoms with Crippen molar-refractivity contribution in [2.45, 2.75) is 31.7 Å². The van der Waals surface area contributed by atoms with Crippen molar-refractivity contribution < 1.29 is 4.79 Å². The zero-order valence-corrected chi connectivity index (χ0v) is 14.0. The molecule has 3 rings (SSSR count). The van der Waals surface area contributed by atoms with Crippen LogP contribution >= 0.6 is 0 Å². The predicted octanol–water partition coefficient (Wildman–Crippen LogP) is 2.97. The van der Waals surface area contributed by atoms with Gasteiger partial charge in [-0.3, -0.25) is 0 Å². The first-order valence-electron chi connectivity index (χ1n) is 8.71. The minimum absolute atomic E-state index is 0.0778. The van der Waals surface area contributed by atoms with E-state index in [4.69, 9.17) is 0 Å². The molecule has 1 aromatic carbocycles. The van der Waals surface area contributed by atoms with E-state index in [1.807, 2.05) is 11.0 Å². The van der Waals surface area contributed by atoms with E-state index in [1.165, 1.54) is 30.5 Å². The fraction of sp³-hybridized carbons (Fsp3) is 0.526. The summed E-state index contributed by atoms with van der Waals surface area (Å²) >= 11 is 0. The number of carbonyl (C=O) groups is 1. The third kappa shape index (κ3) is 4.14. The van der Waals surface area contributed by atoms with Crippen molar-refractivity contribution in [2.24, 2.45) is 0 Å². The van der Waals surface area contributed by atoms with E-state index in [9.17, 15) is 4.79 Å². The van der Waals surface area contributed by atoms with Crippen LogP contribution in [0.3, 0.4) is 0 Å². The van der Waals surface area contributed by atoms with E-state index in [2.05, 4.69) is 47.6 Å². The number of rotatable bonds is 4. The molecule has 1 N–H and O–H groups in total. The highest BCUT2D eigenvalue weighted by Gasteiger charge is 2.21. The second-order valence-electron chi connectivity index (χ2n) is 6.59. The molecule has 2 heterocycles. The van der Waals surface area contributed by atoms with Gasteiger partial charge >= 0.3 is 6.03 Å². The van der Waals surface area contributed by atoms with Gasteiger partial charge in [-0.1, -0.05) is 36.4 Å². The summed E-state index contributed by atoms with van der Waals surface area (Å²) in [6.07, 6.45) is 6.72. The standard InChI is InChI=1S/C19H27N3O/c1-21-13-5-8-18(21)9-12-20-19(23)22-14-10-17(11-15-22)16-6-3-2-4-7-16/h2-4,6-7,10,18H,5,8-9,11-15H2,1H3,(H,20,23)/t18-/m1/s1. The zero-order valence-electron chi connectivity index (χ0n) is 14.0. The Morgan fingerprint density at radius 2 is 2.09 bits per heavy atom. The first-order valence-corrected chi connectivity index (χ1v) is 8.71. The molecular formula is C19H27N3O. The maximum Gasteiger partial charge on any atom is 0.317 e. The minimum atomic E-state index is 0.0778. The Kier molecular flexibility index (Phi) is 5.34. The molecule has 1 fully saturated rings. The quantitative estimate of drug-likeness (QED) is 0.927. The fourth-order valence-electron chi connectivity index (χ4n) is 3.57. The van der Waals surface area contributed by atoms with Crippen LogP contribution in [0.2, 0.25) is 0 Å². The average Bonchev–Trinajstić information content (AvgIpc) is 3.01. The van der Waals surface area contributed by atoms with Crippen molar-refractivity contribution in [3.63, 3.8) is 0 Å². The molecule has 0 aliphatic carbocycles. The smallest absolute Gasteiger partial charge is 0.317 e. The third-order valence-corrected chi connectivity index (χ3v) is 5.07. The highest BCUT2D eigenvalue weighted by atomic mass is 16.2. The summed E-state index contributed by atoms with van der Waals surface area (Å²) in [7, 11) is 2.18. The number of likely N-dealkylation sites (tertiary alicyclic amines) is 1. The number of nitrogens with one attached hydrogen (secondary N) is 1. The lowest BCUT2D eigenvalue weighted by molar-refractivity contribution is 0.201. The number of urea groups is 1. The SMILES string of the molecule is CN1CCC[C@@H]1CCNC(=O)N1CC=C(c2ccccc2)CC1. The van der Waals surface area contributed by atoms with Crippen molar-refractivity contribution in [3.8, 4) is 0 Å². The molecule has 0 aromatic heterocycles. The number of benzene rings is 1. The highest BCUT2D eigenvalue weighted by Crippen LogP contribution is 2.22. The van der Waals surface area contributed by atoms with Gasteiger partial charge in [0.25, 0.3) is 0 Å². The lowest BCUT2D eigenvalue weighted by Crippen LogP contribution is -2.43. The summed E-state index contributed by atoms with van der Waals surface area (Å²) < 4.78 is 0. The Labute approximate surface area is 139 Å². The number of hydrogen-bond donors (Lipinski definition) is 1. The third-order valence-electron chi connectivity index (χ3n) is 5.07. The molecule has 0 saturated carbocycles. The van der Waals surface area contributed by atoms with E-state index in [0.717, 1.165) is 25.9 Å². The van der Waals surface area contributed by atoms with Gasteiger partial charge in [0, 0.05) is 25.7 Å². The Morgan fingerprint density at radius 3 is 2.74 bits per heavy atom.